The second kappa shape index (κ2) is 2.46. The van der Waals surface area contributed by atoms with Gasteiger partial charge in [-0.25, -0.2) is 8.42 Å². The van der Waals surface area contributed by atoms with Crippen LogP contribution in [0.15, 0.2) is 0 Å². The van der Waals surface area contributed by atoms with Gasteiger partial charge >= 0.3 is 0 Å². The SMILES string of the molecule is O=S(=O)(C1(CO)CC1)C1(CO)CC1. The first-order chi connectivity index (χ1) is 6.04. The average molecular weight is 206 g/mol. The molecule has 2 saturated carbocycles. The molecule has 2 N–H and O–H groups in total. The summed E-state index contributed by atoms with van der Waals surface area (Å²) in [4.78, 5) is 0. The van der Waals surface area contributed by atoms with E-state index in [0.29, 0.717) is 25.7 Å². The quantitative estimate of drug-likeness (QED) is 0.647. The topological polar surface area (TPSA) is 74.6 Å². The van der Waals surface area contributed by atoms with E-state index in [2.05, 4.69) is 0 Å². The summed E-state index contributed by atoms with van der Waals surface area (Å²) >= 11 is 0. The molecule has 2 aliphatic carbocycles. The zero-order valence-corrected chi connectivity index (χ0v) is 8.18. The molecular weight excluding hydrogens is 192 g/mol. The van der Waals surface area contributed by atoms with Gasteiger partial charge < -0.3 is 10.2 Å². The van der Waals surface area contributed by atoms with Gasteiger partial charge in [0.2, 0.25) is 0 Å². The Morgan fingerprint density at radius 1 is 0.923 bits per heavy atom. The Kier molecular flexibility index (Phi) is 1.78. The van der Waals surface area contributed by atoms with Crippen molar-refractivity contribution in [3.63, 3.8) is 0 Å². The Bertz CT molecular complexity index is 285. The Labute approximate surface area is 77.5 Å². The number of aliphatic hydroxyl groups is 2. The molecule has 0 radical (unpaired) electrons. The van der Waals surface area contributed by atoms with Crippen molar-refractivity contribution >= 4 is 9.84 Å². The summed E-state index contributed by atoms with van der Waals surface area (Å²) in [5.41, 5.74) is 0. The molecule has 0 unspecified atom stereocenters. The average Bonchev–Trinajstić information content (AvgIpc) is 3.00. The molecule has 2 fully saturated rings. The summed E-state index contributed by atoms with van der Waals surface area (Å²) in [6.45, 7) is -0.589. The van der Waals surface area contributed by atoms with Crippen LogP contribution < -0.4 is 0 Å². The summed E-state index contributed by atoms with van der Waals surface area (Å²) in [5.74, 6) is 0. The molecule has 0 aromatic rings. The van der Waals surface area contributed by atoms with Crippen LogP contribution >= 0.6 is 0 Å². The minimum Gasteiger partial charge on any atom is -0.395 e. The summed E-state index contributed by atoms with van der Waals surface area (Å²) in [5, 5.41) is 18.0. The fraction of sp³-hybridized carbons (Fsp3) is 1.00. The Morgan fingerprint density at radius 3 is 1.38 bits per heavy atom. The van der Waals surface area contributed by atoms with E-state index in [-0.39, 0.29) is 13.2 Å². The maximum Gasteiger partial charge on any atom is 0.166 e. The van der Waals surface area contributed by atoms with Gasteiger partial charge in [0.05, 0.1) is 22.7 Å². The molecule has 4 nitrogen and oxygen atoms in total. The Hall–Kier alpha value is -0.130. The molecule has 2 aliphatic rings. The Balaban J connectivity index is 2.32. The zero-order valence-electron chi connectivity index (χ0n) is 7.36. The third kappa shape index (κ3) is 1.01. The van der Waals surface area contributed by atoms with Crippen LogP contribution in [0.3, 0.4) is 0 Å². The number of aliphatic hydroxyl groups excluding tert-OH is 2. The lowest BCUT2D eigenvalue weighted by molar-refractivity contribution is 0.269. The summed E-state index contributed by atoms with van der Waals surface area (Å²) in [7, 11) is -3.32. The molecule has 0 heterocycles. The van der Waals surface area contributed by atoms with E-state index < -0.39 is 19.3 Å². The molecule has 76 valence electrons. The van der Waals surface area contributed by atoms with Gasteiger partial charge in [-0.1, -0.05) is 0 Å². The van der Waals surface area contributed by atoms with Gasteiger partial charge in [0.25, 0.3) is 0 Å². The molecule has 0 bridgehead atoms. The van der Waals surface area contributed by atoms with E-state index in [9.17, 15) is 8.42 Å². The van der Waals surface area contributed by atoms with Crippen LogP contribution in [0.2, 0.25) is 0 Å². The number of hydrogen-bond acceptors (Lipinski definition) is 4. The molecule has 0 amide bonds. The predicted molar refractivity (Wildman–Crippen MR) is 47.0 cm³/mol. The van der Waals surface area contributed by atoms with Crippen LogP contribution in [0, 0.1) is 0 Å². The molecule has 13 heavy (non-hydrogen) atoms. The molecule has 0 spiro atoms. The third-order valence-electron chi connectivity index (χ3n) is 3.33. The highest BCUT2D eigenvalue weighted by Gasteiger charge is 2.66. The maximum absolute atomic E-state index is 11.9. The number of sulfone groups is 1. The van der Waals surface area contributed by atoms with Crippen molar-refractivity contribution in [3.05, 3.63) is 0 Å². The lowest BCUT2D eigenvalue weighted by atomic mass is 10.4. The predicted octanol–water partition coefficient (Wildman–Crippen LogP) is -0.549. The van der Waals surface area contributed by atoms with Crippen LogP contribution in [0.4, 0.5) is 0 Å². The Morgan fingerprint density at radius 2 is 1.23 bits per heavy atom. The minimum atomic E-state index is -3.32. The molecule has 5 heteroatoms. The lowest BCUT2D eigenvalue weighted by Crippen LogP contribution is -2.40. The smallest absolute Gasteiger partial charge is 0.166 e. The van der Waals surface area contributed by atoms with Gasteiger partial charge in [0.15, 0.2) is 9.84 Å². The van der Waals surface area contributed by atoms with Crippen molar-refractivity contribution < 1.29 is 18.6 Å². The largest absolute Gasteiger partial charge is 0.395 e. The molecule has 2 rings (SSSR count). The molecule has 0 atom stereocenters. The third-order valence-corrected chi connectivity index (χ3v) is 6.69. The maximum atomic E-state index is 11.9. The fourth-order valence-corrected chi connectivity index (χ4v) is 4.30. The first-order valence-corrected chi connectivity index (χ1v) is 5.98. The van der Waals surface area contributed by atoms with Gasteiger partial charge in [-0.15, -0.1) is 0 Å². The van der Waals surface area contributed by atoms with E-state index >= 15 is 0 Å². The van der Waals surface area contributed by atoms with Crippen LogP contribution in [0.25, 0.3) is 0 Å². The van der Waals surface area contributed by atoms with Crippen molar-refractivity contribution in [2.45, 2.75) is 35.2 Å². The van der Waals surface area contributed by atoms with Crippen molar-refractivity contribution in [2.75, 3.05) is 13.2 Å². The summed E-state index contributed by atoms with van der Waals surface area (Å²) < 4.78 is 22.1. The number of rotatable bonds is 4. The van der Waals surface area contributed by atoms with Crippen LogP contribution in [-0.4, -0.2) is 41.3 Å². The first kappa shape index (κ1) is 9.43. The van der Waals surface area contributed by atoms with Crippen LogP contribution in [-0.2, 0) is 9.84 Å². The van der Waals surface area contributed by atoms with Crippen LogP contribution in [0.1, 0.15) is 25.7 Å². The second-order valence-electron chi connectivity index (χ2n) is 4.19. The zero-order chi connectivity index (χ0) is 9.74. The van der Waals surface area contributed by atoms with Crippen molar-refractivity contribution in [3.8, 4) is 0 Å². The van der Waals surface area contributed by atoms with E-state index in [0.717, 1.165) is 0 Å². The highest BCUT2D eigenvalue weighted by atomic mass is 32.2. The van der Waals surface area contributed by atoms with Gasteiger partial charge in [-0.05, 0) is 25.7 Å². The second-order valence-corrected chi connectivity index (χ2v) is 6.92. The van der Waals surface area contributed by atoms with Gasteiger partial charge in [0, 0.05) is 0 Å². The van der Waals surface area contributed by atoms with Crippen molar-refractivity contribution in [2.24, 2.45) is 0 Å². The lowest BCUT2D eigenvalue weighted by Gasteiger charge is -2.20. The molecule has 0 aliphatic heterocycles. The highest BCUT2D eigenvalue weighted by Crippen LogP contribution is 2.55. The standard InChI is InChI=1S/C8H14O4S/c9-5-7(1-2-7)13(11,12)8(6-10)3-4-8/h9-10H,1-6H2. The first-order valence-electron chi connectivity index (χ1n) is 4.50. The normalized spacial score (nSPS) is 28.5. The van der Waals surface area contributed by atoms with Crippen molar-refractivity contribution in [1.29, 1.82) is 0 Å². The van der Waals surface area contributed by atoms with Gasteiger partial charge in [-0.3, -0.25) is 0 Å². The van der Waals surface area contributed by atoms with E-state index in [1.165, 1.54) is 0 Å². The molecule has 0 aromatic carbocycles. The fourth-order valence-electron chi connectivity index (χ4n) is 1.76. The van der Waals surface area contributed by atoms with Crippen molar-refractivity contribution in [1.82, 2.24) is 0 Å². The van der Waals surface area contributed by atoms with E-state index in [1.807, 2.05) is 0 Å². The monoisotopic (exact) mass is 206 g/mol. The van der Waals surface area contributed by atoms with Gasteiger partial charge in [0.1, 0.15) is 0 Å². The summed E-state index contributed by atoms with van der Waals surface area (Å²) in [6.07, 6.45) is 2.20. The number of hydrogen-bond donors (Lipinski definition) is 2. The molecule has 0 aromatic heterocycles. The summed E-state index contributed by atoms with van der Waals surface area (Å²) in [6, 6.07) is 0. The molecule has 0 saturated heterocycles. The van der Waals surface area contributed by atoms with E-state index in [1.54, 1.807) is 0 Å². The minimum absolute atomic E-state index is 0.295. The highest BCUT2D eigenvalue weighted by molar-refractivity contribution is 7.94. The molecular formula is C8H14O4S. The van der Waals surface area contributed by atoms with E-state index in [4.69, 9.17) is 10.2 Å². The van der Waals surface area contributed by atoms with Gasteiger partial charge in [-0.2, -0.15) is 0 Å². The van der Waals surface area contributed by atoms with Crippen LogP contribution in [0.5, 0.6) is 0 Å².